The zero-order chi connectivity index (χ0) is 17.9. The molecule has 1 aromatic heterocycles. The molecule has 2 rings (SSSR count). The van der Waals surface area contributed by atoms with Crippen LogP contribution < -0.4 is 4.90 Å². The average molecular weight is 356 g/mol. The molecule has 1 aliphatic rings. The maximum Gasteiger partial charge on any atom is 0.410 e. The molecule has 0 aliphatic carbocycles. The van der Waals surface area contributed by atoms with Crippen molar-refractivity contribution in [3.05, 3.63) is 23.0 Å². The minimum absolute atomic E-state index is 0.165. The molecule has 1 aliphatic heterocycles. The van der Waals surface area contributed by atoms with Gasteiger partial charge in [-0.05, 0) is 32.9 Å². The fourth-order valence-electron chi connectivity index (χ4n) is 2.34. The highest BCUT2D eigenvalue weighted by Gasteiger charge is 2.27. The van der Waals surface area contributed by atoms with Crippen LogP contribution in [0.5, 0.6) is 0 Å². The normalized spacial score (nSPS) is 15.2. The molecule has 0 atom stereocenters. The van der Waals surface area contributed by atoms with Crippen LogP contribution >= 0.6 is 11.6 Å². The molecule has 0 aromatic carbocycles. The third-order valence-corrected chi connectivity index (χ3v) is 3.77. The number of amides is 1. The number of rotatable bonds is 2. The molecule has 24 heavy (non-hydrogen) atoms. The summed E-state index contributed by atoms with van der Waals surface area (Å²) in [6.07, 6.45) is -0.313. The molecule has 132 valence electrons. The maximum absolute atomic E-state index is 12.1. The zero-order valence-corrected chi connectivity index (χ0v) is 15.1. The Morgan fingerprint density at radius 2 is 1.79 bits per heavy atom. The van der Waals surface area contributed by atoms with Crippen molar-refractivity contribution in [3.8, 4) is 0 Å². The monoisotopic (exact) mass is 355 g/mol. The number of halogens is 1. The van der Waals surface area contributed by atoms with E-state index in [2.05, 4.69) is 9.72 Å². The maximum atomic E-state index is 12.1. The highest BCUT2D eigenvalue weighted by atomic mass is 35.5. The molecule has 1 fully saturated rings. The van der Waals surface area contributed by atoms with Gasteiger partial charge in [-0.15, -0.1) is 0 Å². The fourth-order valence-corrected chi connectivity index (χ4v) is 2.61. The number of carbonyl (C=O) groups is 2. The summed E-state index contributed by atoms with van der Waals surface area (Å²) in [6.45, 7) is 7.81. The van der Waals surface area contributed by atoms with Crippen LogP contribution in [0.2, 0.25) is 5.15 Å². The Labute approximate surface area is 146 Å². The summed E-state index contributed by atoms with van der Waals surface area (Å²) >= 11 is 6.18. The Balaban J connectivity index is 2.00. The first-order chi connectivity index (χ1) is 11.2. The molecule has 0 bridgehead atoms. The lowest BCUT2D eigenvalue weighted by molar-refractivity contribution is 0.0240. The quantitative estimate of drug-likeness (QED) is 0.599. The lowest BCUT2D eigenvalue weighted by Gasteiger charge is -2.36. The predicted molar refractivity (Wildman–Crippen MR) is 90.6 cm³/mol. The second kappa shape index (κ2) is 7.25. The van der Waals surface area contributed by atoms with Gasteiger partial charge in [-0.1, -0.05) is 11.6 Å². The largest absolute Gasteiger partial charge is 0.464 e. The number of esters is 1. The minimum atomic E-state index is -0.529. The van der Waals surface area contributed by atoms with Gasteiger partial charge in [-0.25, -0.2) is 14.6 Å². The topological polar surface area (TPSA) is 72.0 Å². The molecule has 2 heterocycles. The lowest BCUT2D eigenvalue weighted by Crippen LogP contribution is -2.50. The van der Waals surface area contributed by atoms with Gasteiger partial charge in [0.1, 0.15) is 11.3 Å². The van der Waals surface area contributed by atoms with Gasteiger partial charge in [-0.2, -0.15) is 0 Å². The van der Waals surface area contributed by atoms with Crippen molar-refractivity contribution in [2.24, 2.45) is 0 Å². The van der Waals surface area contributed by atoms with E-state index in [9.17, 15) is 9.59 Å². The van der Waals surface area contributed by atoms with Crippen LogP contribution in [-0.4, -0.2) is 60.8 Å². The summed E-state index contributed by atoms with van der Waals surface area (Å²) in [6, 6.07) is 3.32. The molecule has 0 saturated carbocycles. The van der Waals surface area contributed by atoms with Gasteiger partial charge in [0, 0.05) is 26.2 Å². The molecule has 0 spiro atoms. The van der Waals surface area contributed by atoms with E-state index in [1.807, 2.05) is 25.7 Å². The van der Waals surface area contributed by atoms with Gasteiger partial charge >= 0.3 is 12.1 Å². The Bertz CT molecular complexity index is 622. The van der Waals surface area contributed by atoms with E-state index in [4.69, 9.17) is 16.3 Å². The van der Waals surface area contributed by atoms with E-state index in [1.165, 1.54) is 7.11 Å². The molecule has 1 saturated heterocycles. The van der Waals surface area contributed by atoms with Gasteiger partial charge < -0.3 is 19.3 Å². The van der Waals surface area contributed by atoms with Gasteiger partial charge in [0.15, 0.2) is 5.15 Å². The van der Waals surface area contributed by atoms with Crippen molar-refractivity contribution >= 4 is 29.4 Å². The Morgan fingerprint density at radius 3 is 2.29 bits per heavy atom. The number of anilines is 1. The third-order valence-electron chi connectivity index (χ3n) is 3.50. The number of methoxy groups -OCH3 is 1. The zero-order valence-electron chi connectivity index (χ0n) is 14.3. The first-order valence-corrected chi connectivity index (χ1v) is 8.07. The van der Waals surface area contributed by atoms with E-state index >= 15 is 0 Å². The first kappa shape index (κ1) is 18.3. The molecule has 8 heteroatoms. The van der Waals surface area contributed by atoms with Crippen LogP contribution in [0.4, 0.5) is 10.5 Å². The minimum Gasteiger partial charge on any atom is -0.464 e. The van der Waals surface area contributed by atoms with Gasteiger partial charge in [0.2, 0.25) is 0 Å². The number of nitrogens with zero attached hydrogens (tertiary/aromatic N) is 3. The summed E-state index contributed by atoms with van der Waals surface area (Å²) in [5, 5.41) is 0.239. The van der Waals surface area contributed by atoms with Crippen molar-refractivity contribution in [1.29, 1.82) is 0 Å². The van der Waals surface area contributed by atoms with Crippen molar-refractivity contribution < 1.29 is 19.1 Å². The summed E-state index contributed by atoms with van der Waals surface area (Å²) in [7, 11) is 1.29. The molecule has 1 aromatic rings. The highest BCUT2D eigenvalue weighted by Crippen LogP contribution is 2.25. The SMILES string of the molecule is COC(=O)c1ccc(N2CCN(C(=O)OC(C)(C)C)CC2)c(Cl)n1. The van der Waals surface area contributed by atoms with Crippen molar-refractivity contribution in [2.45, 2.75) is 26.4 Å². The van der Waals surface area contributed by atoms with Crippen LogP contribution in [0.3, 0.4) is 0 Å². The third kappa shape index (κ3) is 4.50. The van der Waals surface area contributed by atoms with E-state index in [0.29, 0.717) is 26.2 Å². The second-order valence-corrected chi connectivity index (χ2v) is 6.81. The van der Waals surface area contributed by atoms with Crippen LogP contribution in [0.25, 0.3) is 0 Å². The summed E-state index contributed by atoms with van der Waals surface area (Å²) < 4.78 is 10.0. The number of piperazine rings is 1. The fraction of sp³-hybridized carbons (Fsp3) is 0.562. The van der Waals surface area contributed by atoms with E-state index in [0.717, 1.165) is 5.69 Å². The lowest BCUT2D eigenvalue weighted by atomic mass is 10.2. The Morgan fingerprint density at radius 1 is 1.17 bits per heavy atom. The number of pyridine rings is 1. The highest BCUT2D eigenvalue weighted by molar-refractivity contribution is 6.32. The van der Waals surface area contributed by atoms with Gasteiger partial charge in [0.25, 0.3) is 0 Å². The van der Waals surface area contributed by atoms with Crippen molar-refractivity contribution in [1.82, 2.24) is 9.88 Å². The Kier molecular flexibility index (Phi) is 5.54. The summed E-state index contributed by atoms with van der Waals surface area (Å²) in [5.74, 6) is -0.529. The number of hydrogen-bond acceptors (Lipinski definition) is 6. The number of carbonyl (C=O) groups excluding carboxylic acids is 2. The van der Waals surface area contributed by atoms with E-state index in [1.54, 1.807) is 17.0 Å². The van der Waals surface area contributed by atoms with Gasteiger partial charge in [0.05, 0.1) is 12.8 Å². The molecular formula is C16H22ClN3O4. The van der Waals surface area contributed by atoms with E-state index in [-0.39, 0.29) is 16.9 Å². The smallest absolute Gasteiger partial charge is 0.410 e. The number of ether oxygens (including phenoxy) is 2. The summed E-state index contributed by atoms with van der Waals surface area (Å²) in [4.78, 5) is 31.3. The molecule has 0 unspecified atom stereocenters. The molecule has 0 radical (unpaired) electrons. The van der Waals surface area contributed by atoms with Crippen LogP contribution in [-0.2, 0) is 9.47 Å². The second-order valence-electron chi connectivity index (χ2n) is 6.45. The van der Waals surface area contributed by atoms with Crippen molar-refractivity contribution in [2.75, 3.05) is 38.2 Å². The average Bonchev–Trinajstić information content (AvgIpc) is 2.52. The number of hydrogen-bond donors (Lipinski definition) is 0. The van der Waals surface area contributed by atoms with Crippen LogP contribution in [0, 0.1) is 0 Å². The summed E-state index contributed by atoms with van der Waals surface area (Å²) in [5.41, 5.74) is 0.386. The van der Waals surface area contributed by atoms with Crippen molar-refractivity contribution in [3.63, 3.8) is 0 Å². The molecule has 1 amide bonds. The predicted octanol–water partition coefficient (Wildman–Crippen LogP) is 2.58. The van der Waals surface area contributed by atoms with Crippen LogP contribution in [0.15, 0.2) is 12.1 Å². The molecule has 7 nitrogen and oxygen atoms in total. The van der Waals surface area contributed by atoms with E-state index < -0.39 is 11.6 Å². The Hall–Kier alpha value is -2.02. The van der Waals surface area contributed by atoms with Crippen LogP contribution in [0.1, 0.15) is 31.3 Å². The standard InChI is InChI=1S/C16H22ClN3O4/c1-16(2,3)24-15(22)20-9-7-19(8-10-20)12-6-5-11(14(21)23-4)18-13(12)17/h5-6H,7-10H2,1-4H3. The van der Waals surface area contributed by atoms with Gasteiger partial charge in [-0.3, -0.25) is 0 Å². The first-order valence-electron chi connectivity index (χ1n) is 7.69. The molecule has 0 N–H and O–H groups in total. The molecular weight excluding hydrogens is 334 g/mol. The number of aromatic nitrogens is 1.